The third-order valence-electron chi connectivity index (χ3n) is 3.89. The number of likely N-dealkylation sites (tertiary alicyclic amines) is 1. The highest BCUT2D eigenvalue weighted by molar-refractivity contribution is 5.93. The van der Waals surface area contributed by atoms with Crippen molar-refractivity contribution in [3.05, 3.63) is 54.2 Å². The van der Waals surface area contributed by atoms with Crippen LogP contribution in [-0.4, -0.2) is 30.5 Å². The predicted octanol–water partition coefficient (Wildman–Crippen LogP) is 3.35. The van der Waals surface area contributed by atoms with Crippen LogP contribution in [0.2, 0.25) is 0 Å². The summed E-state index contributed by atoms with van der Waals surface area (Å²) in [5.74, 6) is 0.0963. The second kappa shape index (κ2) is 6.64. The van der Waals surface area contributed by atoms with E-state index in [0.29, 0.717) is 18.7 Å². The Kier molecular flexibility index (Phi) is 4.42. The molecule has 3 rings (SSSR count). The van der Waals surface area contributed by atoms with Crippen molar-refractivity contribution in [1.82, 2.24) is 4.90 Å². The van der Waals surface area contributed by atoms with Gasteiger partial charge in [0.05, 0.1) is 18.4 Å². The molecule has 0 unspecified atom stereocenters. The molecule has 2 aromatic rings. The van der Waals surface area contributed by atoms with Crippen molar-refractivity contribution >= 4 is 5.91 Å². The number of piperidine rings is 1. The van der Waals surface area contributed by atoms with Crippen LogP contribution in [0.4, 0.5) is 4.39 Å². The summed E-state index contributed by atoms with van der Waals surface area (Å²) in [5.41, 5.74) is 0.565. The molecule has 1 aromatic carbocycles. The average molecular weight is 303 g/mol. The number of benzene rings is 1. The van der Waals surface area contributed by atoms with E-state index in [0.717, 1.165) is 19.4 Å². The molecule has 2 heterocycles. The molecule has 1 aliphatic rings. The predicted molar refractivity (Wildman–Crippen MR) is 79.2 cm³/mol. The van der Waals surface area contributed by atoms with E-state index in [9.17, 15) is 9.18 Å². The Balaban J connectivity index is 1.57. The number of halogens is 1. The van der Waals surface area contributed by atoms with E-state index < -0.39 is 0 Å². The normalized spacial score (nSPS) is 18.2. The van der Waals surface area contributed by atoms with Gasteiger partial charge in [-0.15, -0.1) is 0 Å². The smallest absolute Gasteiger partial charge is 0.257 e. The lowest BCUT2D eigenvalue weighted by Gasteiger charge is -2.32. The molecule has 4 nitrogen and oxygen atoms in total. The number of para-hydroxylation sites is 1. The zero-order valence-electron chi connectivity index (χ0n) is 12.2. The number of hydrogen-bond donors (Lipinski definition) is 0. The lowest BCUT2D eigenvalue weighted by Crippen LogP contribution is -2.41. The Morgan fingerprint density at radius 2 is 2.23 bits per heavy atom. The van der Waals surface area contributed by atoms with E-state index in [1.807, 2.05) is 4.90 Å². The maximum Gasteiger partial charge on any atom is 0.257 e. The monoisotopic (exact) mass is 303 g/mol. The van der Waals surface area contributed by atoms with E-state index in [2.05, 4.69) is 0 Å². The first-order valence-electron chi connectivity index (χ1n) is 7.43. The molecule has 0 bridgehead atoms. The molecule has 1 amide bonds. The van der Waals surface area contributed by atoms with Gasteiger partial charge in [0.2, 0.25) is 0 Å². The van der Waals surface area contributed by atoms with Gasteiger partial charge in [-0.25, -0.2) is 4.39 Å². The molecule has 0 N–H and O–H groups in total. The second-order valence-corrected chi connectivity index (χ2v) is 5.51. The van der Waals surface area contributed by atoms with Crippen LogP contribution in [0.25, 0.3) is 0 Å². The van der Waals surface area contributed by atoms with Crippen molar-refractivity contribution in [3.63, 3.8) is 0 Å². The van der Waals surface area contributed by atoms with Gasteiger partial charge in [0.25, 0.3) is 5.91 Å². The fourth-order valence-electron chi connectivity index (χ4n) is 2.72. The van der Waals surface area contributed by atoms with Gasteiger partial charge in [-0.05, 0) is 31.0 Å². The first-order chi connectivity index (χ1) is 10.7. The van der Waals surface area contributed by atoms with Gasteiger partial charge in [-0.3, -0.25) is 4.79 Å². The molecule has 1 fully saturated rings. The van der Waals surface area contributed by atoms with Gasteiger partial charge >= 0.3 is 0 Å². The van der Waals surface area contributed by atoms with Gasteiger partial charge in [0, 0.05) is 19.0 Å². The minimum Gasteiger partial charge on any atom is -0.490 e. The summed E-state index contributed by atoms with van der Waals surface area (Å²) in [5, 5.41) is 0. The zero-order valence-corrected chi connectivity index (χ0v) is 12.2. The second-order valence-electron chi connectivity index (χ2n) is 5.51. The van der Waals surface area contributed by atoms with Crippen LogP contribution in [0.1, 0.15) is 23.2 Å². The highest BCUT2D eigenvalue weighted by Gasteiger charge is 2.25. The van der Waals surface area contributed by atoms with Crippen LogP contribution in [0.5, 0.6) is 5.75 Å². The van der Waals surface area contributed by atoms with Crippen molar-refractivity contribution in [3.8, 4) is 5.75 Å². The van der Waals surface area contributed by atoms with E-state index >= 15 is 0 Å². The van der Waals surface area contributed by atoms with Crippen molar-refractivity contribution in [2.45, 2.75) is 12.8 Å². The fraction of sp³-hybridized carbons (Fsp3) is 0.353. The molecule has 116 valence electrons. The summed E-state index contributed by atoms with van der Waals surface area (Å²) in [6, 6.07) is 8.04. The van der Waals surface area contributed by atoms with Crippen LogP contribution in [0.3, 0.4) is 0 Å². The lowest BCUT2D eigenvalue weighted by atomic mass is 9.98. The van der Waals surface area contributed by atoms with Gasteiger partial charge in [0.1, 0.15) is 6.26 Å². The van der Waals surface area contributed by atoms with E-state index in [-0.39, 0.29) is 23.4 Å². The van der Waals surface area contributed by atoms with Crippen molar-refractivity contribution in [2.75, 3.05) is 19.7 Å². The Morgan fingerprint density at radius 1 is 1.36 bits per heavy atom. The van der Waals surface area contributed by atoms with Gasteiger partial charge in [-0.1, -0.05) is 12.1 Å². The maximum atomic E-state index is 13.5. The van der Waals surface area contributed by atoms with Crippen LogP contribution in [0, 0.1) is 11.7 Å². The minimum absolute atomic E-state index is 0.0238. The Bertz CT molecular complexity index is 627. The highest BCUT2D eigenvalue weighted by Crippen LogP contribution is 2.22. The van der Waals surface area contributed by atoms with E-state index in [4.69, 9.17) is 9.15 Å². The molecule has 1 atom stereocenters. The summed E-state index contributed by atoms with van der Waals surface area (Å²) in [4.78, 5) is 14.1. The van der Waals surface area contributed by atoms with Crippen LogP contribution < -0.4 is 4.74 Å². The summed E-state index contributed by atoms with van der Waals surface area (Å²) in [6.45, 7) is 1.77. The molecular formula is C17H18FNO3. The zero-order chi connectivity index (χ0) is 15.4. The van der Waals surface area contributed by atoms with Gasteiger partial charge in [0.15, 0.2) is 11.6 Å². The molecule has 1 aliphatic heterocycles. The molecule has 0 saturated carbocycles. The lowest BCUT2D eigenvalue weighted by molar-refractivity contribution is 0.0630. The number of ether oxygens (including phenoxy) is 1. The number of carbonyl (C=O) groups excluding carboxylic acids is 1. The molecule has 0 aliphatic carbocycles. The van der Waals surface area contributed by atoms with Gasteiger partial charge in [-0.2, -0.15) is 0 Å². The molecule has 1 aromatic heterocycles. The Labute approximate surface area is 128 Å². The van der Waals surface area contributed by atoms with E-state index in [1.165, 1.54) is 18.6 Å². The maximum absolute atomic E-state index is 13.5. The molecule has 5 heteroatoms. The van der Waals surface area contributed by atoms with Crippen LogP contribution in [-0.2, 0) is 0 Å². The quantitative estimate of drug-likeness (QED) is 0.870. The minimum atomic E-state index is -0.357. The molecule has 22 heavy (non-hydrogen) atoms. The van der Waals surface area contributed by atoms with Crippen molar-refractivity contribution in [1.29, 1.82) is 0 Å². The fourth-order valence-corrected chi connectivity index (χ4v) is 2.72. The first-order valence-corrected chi connectivity index (χ1v) is 7.43. The number of nitrogens with zero attached hydrogens (tertiary/aromatic N) is 1. The van der Waals surface area contributed by atoms with Gasteiger partial charge < -0.3 is 14.1 Å². The SMILES string of the molecule is O=C(c1ccoc1)N1CCC[C@@H](COc2ccccc2F)C1. The molecular weight excluding hydrogens is 285 g/mol. The molecule has 0 spiro atoms. The third kappa shape index (κ3) is 3.30. The topological polar surface area (TPSA) is 42.7 Å². The Morgan fingerprint density at radius 3 is 3.00 bits per heavy atom. The Hall–Kier alpha value is -2.30. The summed E-state index contributed by atoms with van der Waals surface area (Å²) in [7, 11) is 0. The molecule has 0 radical (unpaired) electrons. The summed E-state index contributed by atoms with van der Waals surface area (Å²) in [6.07, 6.45) is 4.86. The highest BCUT2D eigenvalue weighted by atomic mass is 19.1. The molecule has 1 saturated heterocycles. The average Bonchev–Trinajstić information content (AvgIpc) is 3.08. The largest absolute Gasteiger partial charge is 0.490 e. The number of furan rings is 1. The van der Waals surface area contributed by atoms with E-state index in [1.54, 1.807) is 24.3 Å². The third-order valence-corrected chi connectivity index (χ3v) is 3.89. The number of rotatable bonds is 4. The standard InChI is InChI=1S/C17H18FNO3/c18-15-5-1-2-6-16(15)22-11-13-4-3-8-19(10-13)17(20)14-7-9-21-12-14/h1-2,5-7,9,12-13H,3-4,8,10-11H2/t13-/m1/s1. The number of amides is 1. The number of carbonyl (C=O) groups is 1. The first kappa shape index (κ1) is 14.6. The summed E-state index contributed by atoms with van der Waals surface area (Å²) < 4.78 is 24.1. The van der Waals surface area contributed by atoms with Crippen LogP contribution in [0.15, 0.2) is 47.3 Å². The van der Waals surface area contributed by atoms with Crippen molar-refractivity contribution < 1.29 is 18.3 Å². The summed E-state index contributed by atoms with van der Waals surface area (Å²) >= 11 is 0. The number of hydrogen-bond acceptors (Lipinski definition) is 3. The van der Waals surface area contributed by atoms with Crippen LogP contribution >= 0.6 is 0 Å². The van der Waals surface area contributed by atoms with Crippen molar-refractivity contribution in [2.24, 2.45) is 5.92 Å².